The van der Waals surface area contributed by atoms with Crippen LogP contribution in [-0.4, -0.2) is 6.04 Å². The van der Waals surface area contributed by atoms with E-state index in [4.69, 9.17) is 5.73 Å². The van der Waals surface area contributed by atoms with Gasteiger partial charge in [-0.15, -0.1) is 0 Å². The second-order valence-corrected chi connectivity index (χ2v) is 4.70. The van der Waals surface area contributed by atoms with E-state index >= 15 is 0 Å². The van der Waals surface area contributed by atoms with Gasteiger partial charge in [-0.25, -0.2) is 4.39 Å². The van der Waals surface area contributed by atoms with Gasteiger partial charge in [-0.2, -0.15) is 0 Å². The summed E-state index contributed by atoms with van der Waals surface area (Å²) in [5, 5.41) is 0. The fourth-order valence-corrected chi connectivity index (χ4v) is 1.96. The highest BCUT2D eigenvalue weighted by molar-refractivity contribution is 9.10. The summed E-state index contributed by atoms with van der Waals surface area (Å²) in [6.45, 7) is 3.93. The van der Waals surface area contributed by atoms with Crippen LogP contribution in [0.4, 0.5) is 4.39 Å². The van der Waals surface area contributed by atoms with Crippen LogP contribution < -0.4 is 5.73 Å². The van der Waals surface area contributed by atoms with Crippen molar-refractivity contribution in [1.82, 2.24) is 0 Å². The molecule has 78 valence electrons. The average molecular weight is 260 g/mol. The summed E-state index contributed by atoms with van der Waals surface area (Å²) < 4.78 is 14.3. The number of rotatable bonds is 3. The summed E-state index contributed by atoms with van der Waals surface area (Å²) in [6.07, 6.45) is 0.799. The van der Waals surface area contributed by atoms with Crippen molar-refractivity contribution in [2.75, 3.05) is 0 Å². The first kappa shape index (κ1) is 11.7. The van der Waals surface area contributed by atoms with Crippen LogP contribution in [0.2, 0.25) is 0 Å². The van der Waals surface area contributed by atoms with E-state index in [1.807, 2.05) is 19.9 Å². The number of hydrogen-bond acceptors (Lipinski definition) is 1. The van der Waals surface area contributed by atoms with Gasteiger partial charge >= 0.3 is 0 Å². The van der Waals surface area contributed by atoms with E-state index in [0.29, 0.717) is 0 Å². The lowest BCUT2D eigenvalue weighted by molar-refractivity contribution is 0.542. The van der Waals surface area contributed by atoms with Gasteiger partial charge in [-0.3, -0.25) is 0 Å². The van der Waals surface area contributed by atoms with E-state index in [1.165, 1.54) is 6.07 Å². The summed E-state index contributed by atoms with van der Waals surface area (Å²) in [6, 6.07) is 5.11. The zero-order chi connectivity index (χ0) is 10.7. The minimum absolute atomic E-state index is 0.100. The van der Waals surface area contributed by atoms with E-state index in [1.54, 1.807) is 6.07 Å². The fraction of sp³-hybridized carbons (Fsp3) is 0.455. The molecular formula is C11H15BrFN. The summed E-state index contributed by atoms with van der Waals surface area (Å²) >= 11 is 3.33. The minimum atomic E-state index is -0.152. The van der Waals surface area contributed by atoms with Crippen molar-refractivity contribution in [3.05, 3.63) is 34.1 Å². The Morgan fingerprint density at radius 1 is 1.43 bits per heavy atom. The van der Waals surface area contributed by atoms with Crippen LogP contribution in [0.3, 0.4) is 0 Å². The van der Waals surface area contributed by atoms with Gasteiger partial charge in [0, 0.05) is 10.5 Å². The van der Waals surface area contributed by atoms with Crippen LogP contribution in [0.15, 0.2) is 22.7 Å². The molecule has 0 saturated heterocycles. The molecule has 1 aromatic rings. The van der Waals surface area contributed by atoms with Gasteiger partial charge in [0.25, 0.3) is 0 Å². The molecule has 2 N–H and O–H groups in total. The third kappa shape index (κ3) is 3.07. The standard InChI is InChI=1S/C11H15BrFN/c1-7(5-8(2)14)10-6-9(12)3-4-11(10)13/h3-4,6-8H,5,14H2,1-2H3. The quantitative estimate of drug-likeness (QED) is 0.885. The van der Waals surface area contributed by atoms with Crippen LogP contribution in [0, 0.1) is 5.82 Å². The predicted octanol–water partition coefficient (Wildman–Crippen LogP) is 3.43. The zero-order valence-corrected chi connectivity index (χ0v) is 10.0. The van der Waals surface area contributed by atoms with E-state index in [2.05, 4.69) is 15.9 Å². The van der Waals surface area contributed by atoms with Crippen molar-refractivity contribution in [1.29, 1.82) is 0 Å². The minimum Gasteiger partial charge on any atom is -0.328 e. The normalized spacial score (nSPS) is 15.2. The molecule has 1 aromatic carbocycles. The lowest BCUT2D eigenvalue weighted by atomic mass is 9.94. The molecule has 3 heteroatoms. The molecule has 14 heavy (non-hydrogen) atoms. The van der Waals surface area contributed by atoms with Gasteiger partial charge in [-0.05, 0) is 43.0 Å². The third-order valence-electron chi connectivity index (χ3n) is 2.21. The maximum Gasteiger partial charge on any atom is 0.126 e. The lowest BCUT2D eigenvalue weighted by Gasteiger charge is -2.15. The maximum absolute atomic E-state index is 13.4. The molecular weight excluding hydrogens is 245 g/mol. The number of nitrogens with two attached hydrogens (primary N) is 1. The first-order valence-corrected chi connectivity index (χ1v) is 5.50. The molecule has 2 atom stereocenters. The van der Waals surface area contributed by atoms with Crippen LogP contribution in [-0.2, 0) is 0 Å². The van der Waals surface area contributed by atoms with Gasteiger partial charge < -0.3 is 5.73 Å². The summed E-state index contributed by atoms with van der Waals surface area (Å²) in [5.41, 5.74) is 6.42. The molecule has 0 amide bonds. The fourth-order valence-electron chi connectivity index (χ4n) is 1.58. The molecule has 0 saturated carbocycles. The monoisotopic (exact) mass is 259 g/mol. The topological polar surface area (TPSA) is 26.0 Å². The SMILES string of the molecule is CC(N)CC(C)c1cc(Br)ccc1F. The maximum atomic E-state index is 13.4. The first-order valence-electron chi connectivity index (χ1n) is 4.71. The molecule has 2 unspecified atom stereocenters. The Morgan fingerprint density at radius 2 is 2.07 bits per heavy atom. The van der Waals surface area contributed by atoms with Crippen molar-refractivity contribution in [3.8, 4) is 0 Å². The Balaban J connectivity index is 2.88. The Hall–Kier alpha value is -0.410. The molecule has 0 fully saturated rings. The van der Waals surface area contributed by atoms with Crippen molar-refractivity contribution < 1.29 is 4.39 Å². The molecule has 0 aliphatic rings. The smallest absolute Gasteiger partial charge is 0.126 e. The van der Waals surface area contributed by atoms with Gasteiger partial charge in [0.15, 0.2) is 0 Å². The predicted molar refractivity (Wildman–Crippen MR) is 60.8 cm³/mol. The molecule has 0 aromatic heterocycles. The van der Waals surface area contributed by atoms with Crippen LogP contribution in [0.25, 0.3) is 0 Å². The Morgan fingerprint density at radius 3 is 2.64 bits per heavy atom. The van der Waals surface area contributed by atoms with Gasteiger partial charge in [-0.1, -0.05) is 22.9 Å². The second kappa shape index (κ2) is 4.89. The molecule has 0 bridgehead atoms. The molecule has 1 nitrogen and oxygen atoms in total. The highest BCUT2D eigenvalue weighted by atomic mass is 79.9. The molecule has 1 rings (SSSR count). The van der Waals surface area contributed by atoms with E-state index in [-0.39, 0.29) is 17.8 Å². The van der Waals surface area contributed by atoms with Crippen molar-refractivity contribution >= 4 is 15.9 Å². The molecule has 0 heterocycles. The van der Waals surface area contributed by atoms with Gasteiger partial charge in [0.2, 0.25) is 0 Å². The number of benzene rings is 1. The number of halogens is 2. The summed E-state index contributed by atoms with van der Waals surface area (Å²) in [4.78, 5) is 0. The third-order valence-corrected chi connectivity index (χ3v) is 2.71. The zero-order valence-electron chi connectivity index (χ0n) is 8.43. The first-order chi connectivity index (χ1) is 6.50. The van der Waals surface area contributed by atoms with Crippen LogP contribution in [0.5, 0.6) is 0 Å². The van der Waals surface area contributed by atoms with Gasteiger partial charge in [0.1, 0.15) is 5.82 Å². The Kier molecular flexibility index (Phi) is 4.08. The molecule has 0 aliphatic carbocycles. The average Bonchev–Trinajstić information content (AvgIpc) is 2.08. The summed E-state index contributed by atoms with van der Waals surface area (Å²) in [5.74, 6) is 0.00819. The molecule has 0 spiro atoms. The highest BCUT2D eigenvalue weighted by Gasteiger charge is 2.12. The Labute approximate surface area is 92.6 Å². The van der Waals surface area contributed by atoms with Crippen molar-refractivity contribution in [2.24, 2.45) is 5.73 Å². The lowest BCUT2D eigenvalue weighted by Crippen LogP contribution is -2.17. The van der Waals surface area contributed by atoms with Crippen LogP contribution >= 0.6 is 15.9 Å². The summed E-state index contributed by atoms with van der Waals surface area (Å²) in [7, 11) is 0. The number of hydrogen-bond donors (Lipinski definition) is 1. The van der Waals surface area contributed by atoms with Crippen molar-refractivity contribution in [2.45, 2.75) is 32.2 Å². The van der Waals surface area contributed by atoms with E-state index in [0.717, 1.165) is 16.5 Å². The largest absolute Gasteiger partial charge is 0.328 e. The van der Waals surface area contributed by atoms with Crippen LogP contribution in [0.1, 0.15) is 31.7 Å². The van der Waals surface area contributed by atoms with Gasteiger partial charge in [0.05, 0.1) is 0 Å². The van der Waals surface area contributed by atoms with E-state index in [9.17, 15) is 4.39 Å². The molecule has 0 radical (unpaired) electrons. The second-order valence-electron chi connectivity index (χ2n) is 3.78. The molecule has 0 aliphatic heterocycles. The van der Waals surface area contributed by atoms with E-state index < -0.39 is 0 Å². The van der Waals surface area contributed by atoms with Crippen molar-refractivity contribution in [3.63, 3.8) is 0 Å². The Bertz CT molecular complexity index is 312. The highest BCUT2D eigenvalue weighted by Crippen LogP contribution is 2.25.